The maximum atomic E-state index is 12.0. The number of nitrogens with zero attached hydrogens (tertiary/aromatic N) is 2. The topological polar surface area (TPSA) is 105 Å². The number of hydrogen-bond donors (Lipinski definition) is 3. The third-order valence-electron chi connectivity index (χ3n) is 2.56. The fourth-order valence-corrected chi connectivity index (χ4v) is 2.53. The van der Waals surface area contributed by atoms with E-state index in [4.69, 9.17) is 4.74 Å². The van der Waals surface area contributed by atoms with Gasteiger partial charge >= 0.3 is 0 Å². The minimum absolute atomic E-state index is 0. The first-order valence-electron chi connectivity index (χ1n) is 7.01. The molecule has 1 rings (SSSR count). The molecular weight excluding hydrogens is 433 g/mol. The summed E-state index contributed by atoms with van der Waals surface area (Å²) in [6.07, 6.45) is 2.83. The highest BCUT2D eigenvalue weighted by molar-refractivity contribution is 14.0. The van der Waals surface area contributed by atoms with Gasteiger partial charge in [-0.3, -0.25) is 9.98 Å². The van der Waals surface area contributed by atoms with Gasteiger partial charge in [-0.25, -0.2) is 13.1 Å². The zero-order valence-electron chi connectivity index (χ0n) is 13.3. The lowest BCUT2D eigenvalue weighted by Gasteiger charge is -2.11. The number of aromatic nitrogens is 1. The number of rotatable bonds is 9. The smallest absolute Gasteiger partial charge is 0.242 e. The van der Waals surface area contributed by atoms with Crippen LogP contribution >= 0.6 is 24.0 Å². The standard InChI is InChI=1S/C13H23N5O3S.HI/c1-3-15-13(17-9-10-21-2)16-7-8-18-22(19,20)12-5-4-6-14-11-12;/h4-6,11,18H,3,7-10H2,1-2H3,(H2,15,16,17);1H. The number of nitrogens with one attached hydrogen (secondary N) is 3. The molecule has 0 radical (unpaired) electrons. The third kappa shape index (κ3) is 9.03. The van der Waals surface area contributed by atoms with Crippen LogP contribution in [-0.4, -0.2) is 59.3 Å². The Balaban J connectivity index is 0.00000484. The van der Waals surface area contributed by atoms with Crippen molar-refractivity contribution in [3.8, 4) is 0 Å². The number of guanidine groups is 1. The van der Waals surface area contributed by atoms with Crippen molar-refractivity contribution in [3.63, 3.8) is 0 Å². The molecule has 1 aromatic heterocycles. The number of sulfonamides is 1. The van der Waals surface area contributed by atoms with E-state index in [1.807, 2.05) is 6.92 Å². The van der Waals surface area contributed by atoms with Crippen LogP contribution in [0.15, 0.2) is 34.4 Å². The van der Waals surface area contributed by atoms with Crippen LogP contribution in [0.4, 0.5) is 0 Å². The number of hydrogen-bond acceptors (Lipinski definition) is 5. The van der Waals surface area contributed by atoms with Gasteiger partial charge in [0.25, 0.3) is 0 Å². The van der Waals surface area contributed by atoms with Gasteiger partial charge in [0.2, 0.25) is 10.0 Å². The predicted molar refractivity (Wildman–Crippen MR) is 101 cm³/mol. The molecule has 0 saturated heterocycles. The van der Waals surface area contributed by atoms with Crippen molar-refractivity contribution < 1.29 is 13.2 Å². The maximum Gasteiger partial charge on any atom is 0.242 e. The molecule has 0 spiro atoms. The van der Waals surface area contributed by atoms with Crippen LogP contribution in [0.1, 0.15) is 6.92 Å². The Kier molecular flexibility index (Phi) is 11.9. The minimum atomic E-state index is -3.53. The van der Waals surface area contributed by atoms with E-state index in [1.54, 1.807) is 13.2 Å². The summed E-state index contributed by atoms with van der Waals surface area (Å²) in [5, 5.41) is 6.14. The van der Waals surface area contributed by atoms with Gasteiger partial charge < -0.3 is 15.4 Å². The highest BCUT2D eigenvalue weighted by Gasteiger charge is 2.12. The highest BCUT2D eigenvalue weighted by Crippen LogP contribution is 2.04. The lowest BCUT2D eigenvalue weighted by molar-refractivity contribution is 0.203. The van der Waals surface area contributed by atoms with Gasteiger partial charge in [0.05, 0.1) is 13.2 Å². The largest absolute Gasteiger partial charge is 0.383 e. The zero-order valence-corrected chi connectivity index (χ0v) is 16.4. The van der Waals surface area contributed by atoms with E-state index in [1.165, 1.54) is 18.5 Å². The predicted octanol–water partition coefficient (Wildman–Crippen LogP) is 0.179. The molecule has 0 fully saturated rings. The molecule has 10 heteroatoms. The van der Waals surface area contributed by atoms with E-state index >= 15 is 0 Å². The fourth-order valence-electron chi connectivity index (χ4n) is 1.55. The third-order valence-corrected chi connectivity index (χ3v) is 4.01. The molecular formula is C13H24IN5O3S. The summed E-state index contributed by atoms with van der Waals surface area (Å²) in [6, 6.07) is 3.07. The van der Waals surface area contributed by atoms with Crippen molar-refractivity contribution in [1.29, 1.82) is 0 Å². The van der Waals surface area contributed by atoms with Crippen LogP contribution in [0, 0.1) is 0 Å². The van der Waals surface area contributed by atoms with Gasteiger partial charge in [-0.05, 0) is 19.1 Å². The molecule has 0 amide bonds. The van der Waals surface area contributed by atoms with Crippen molar-refractivity contribution in [2.24, 2.45) is 4.99 Å². The molecule has 1 heterocycles. The Morgan fingerprint density at radius 3 is 2.74 bits per heavy atom. The minimum Gasteiger partial charge on any atom is -0.383 e. The summed E-state index contributed by atoms with van der Waals surface area (Å²) < 4.78 is 31.4. The highest BCUT2D eigenvalue weighted by atomic mass is 127. The second-order valence-electron chi connectivity index (χ2n) is 4.27. The molecule has 0 aromatic carbocycles. The van der Waals surface area contributed by atoms with Gasteiger partial charge in [-0.1, -0.05) is 0 Å². The quantitative estimate of drug-likeness (QED) is 0.212. The fraction of sp³-hybridized carbons (Fsp3) is 0.538. The molecule has 0 aliphatic carbocycles. The first kappa shape index (κ1) is 22.0. The normalized spacial score (nSPS) is 11.7. The Morgan fingerprint density at radius 1 is 1.35 bits per heavy atom. The number of ether oxygens (including phenoxy) is 1. The van der Waals surface area contributed by atoms with Crippen molar-refractivity contribution in [3.05, 3.63) is 24.5 Å². The van der Waals surface area contributed by atoms with E-state index in [2.05, 4.69) is 25.3 Å². The van der Waals surface area contributed by atoms with Crippen LogP contribution in [-0.2, 0) is 14.8 Å². The summed E-state index contributed by atoms with van der Waals surface area (Å²) >= 11 is 0. The number of halogens is 1. The van der Waals surface area contributed by atoms with Crippen LogP contribution in [0.25, 0.3) is 0 Å². The Bertz CT molecular complexity index is 554. The number of methoxy groups -OCH3 is 1. The molecule has 0 unspecified atom stereocenters. The molecule has 0 aliphatic rings. The van der Waals surface area contributed by atoms with Gasteiger partial charge in [0.1, 0.15) is 4.90 Å². The molecule has 0 saturated carbocycles. The lowest BCUT2D eigenvalue weighted by atomic mass is 10.5. The summed E-state index contributed by atoms with van der Waals surface area (Å²) in [6.45, 7) is 4.40. The van der Waals surface area contributed by atoms with Crippen LogP contribution in [0.2, 0.25) is 0 Å². The molecule has 23 heavy (non-hydrogen) atoms. The Labute approximate surface area is 154 Å². The molecule has 8 nitrogen and oxygen atoms in total. The monoisotopic (exact) mass is 457 g/mol. The van der Waals surface area contributed by atoms with E-state index < -0.39 is 10.0 Å². The summed E-state index contributed by atoms with van der Waals surface area (Å²) in [7, 11) is -1.91. The Hall–Kier alpha value is -0.980. The van der Waals surface area contributed by atoms with Gasteiger partial charge in [0.15, 0.2) is 5.96 Å². The molecule has 3 N–H and O–H groups in total. The second kappa shape index (κ2) is 12.4. The molecule has 132 valence electrons. The van der Waals surface area contributed by atoms with Gasteiger partial charge in [-0.2, -0.15) is 0 Å². The van der Waals surface area contributed by atoms with E-state index in [-0.39, 0.29) is 35.4 Å². The molecule has 0 aliphatic heterocycles. The van der Waals surface area contributed by atoms with Crippen molar-refractivity contribution in [2.75, 3.05) is 39.9 Å². The second-order valence-corrected chi connectivity index (χ2v) is 6.03. The van der Waals surface area contributed by atoms with Crippen LogP contribution in [0.5, 0.6) is 0 Å². The molecule has 0 atom stereocenters. The average molecular weight is 457 g/mol. The van der Waals surface area contributed by atoms with Crippen molar-refractivity contribution >= 4 is 40.0 Å². The summed E-state index contributed by atoms with van der Waals surface area (Å²) in [5.41, 5.74) is 0. The average Bonchev–Trinajstić information content (AvgIpc) is 2.52. The zero-order chi connectivity index (χ0) is 16.3. The maximum absolute atomic E-state index is 12.0. The van der Waals surface area contributed by atoms with E-state index in [9.17, 15) is 8.42 Å². The number of pyridine rings is 1. The summed E-state index contributed by atoms with van der Waals surface area (Å²) in [5.74, 6) is 0.625. The van der Waals surface area contributed by atoms with E-state index in [0.29, 0.717) is 25.7 Å². The molecule has 0 bridgehead atoms. The Morgan fingerprint density at radius 2 is 2.13 bits per heavy atom. The molecule has 1 aromatic rings. The van der Waals surface area contributed by atoms with E-state index in [0.717, 1.165) is 6.54 Å². The van der Waals surface area contributed by atoms with Gasteiger partial charge in [-0.15, -0.1) is 24.0 Å². The lowest BCUT2D eigenvalue weighted by Crippen LogP contribution is -2.39. The van der Waals surface area contributed by atoms with Crippen LogP contribution < -0.4 is 15.4 Å². The first-order valence-corrected chi connectivity index (χ1v) is 8.49. The first-order chi connectivity index (χ1) is 10.6. The van der Waals surface area contributed by atoms with Gasteiger partial charge in [0, 0.05) is 39.1 Å². The van der Waals surface area contributed by atoms with Crippen LogP contribution in [0.3, 0.4) is 0 Å². The van der Waals surface area contributed by atoms with Crippen molar-refractivity contribution in [2.45, 2.75) is 11.8 Å². The van der Waals surface area contributed by atoms with Crippen molar-refractivity contribution in [1.82, 2.24) is 20.3 Å². The number of aliphatic imine (C=N–C) groups is 1. The SMILES string of the molecule is CCNC(=NCCNS(=O)(=O)c1cccnc1)NCCOC.I. The summed E-state index contributed by atoms with van der Waals surface area (Å²) in [4.78, 5) is 8.22.